The van der Waals surface area contributed by atoms with E-state index >= 15 is 0 Å². The molecule has 0 bridgehead atoms. The first-order valence-electron chi connectivity index (χ1n) is 12.1. The van der Waals surface area contributed by atoms with Gasteiger partial charge in [0.05, 0.1) is 7.11 Å². The van der Waals surface area contributed by atoms with Crippen LogP contribution in [0.25, 0.3) is 0 Å². The second-order valence-corrected chi connectivity index (χ2v) is 11.5. The zero-order valence-electron chi connectivity index (χ0n) is 19.1. The number of ether oxygens (including phenoxy) is 1. The summed E-state index contributed by atoms with van der Waals surface area (Å²) >= 11 is 0. The summed E-state index contributed by atoms with van der Waals surface area (Å²) in [5, 5.41) is 0. The summed E-state index contributed by atoms with van der Waals surface area (Å²) in [5.74, 6) is 5.02. The molecule has 0 aliphatic heterocycles. The molecule has 168 valence electrons. The molecule has 0 aromatic carbocycles. The molecule has 0 heterocycles. The summed E-state index contributed by atoms with van der Waals surface area (Å²) in [4.78, 5) is 11.6. The summed E-state index contributed by atoms with van der Waals surface area (Å²) in [5.41, 5.74) is 7.39. The Morgan fingerprint density at radius 1 is 1.03 bits per heavy atom. The number of halogens is 1. The predicted molar refractivity (Wildman–Crippen MR) is 121 cm³/mol. The number of carbonyl (C=O) groups is 1. The quantitative estimate of drug-likeness (QED) is 0.563. The van der Waals surface area contributed by atoms with Gasteiger partial charge in [0.2, 0.25) is 0 Å². The van der Waals surface area contributed by atoms with E-state index in [-0.39, 0.29) is 18.4 Å². The topological polar surface area (TPSA) is 52.3 Å². The monoisotopic (exact) mass is 425 g/mol. The van der Waals surface area contributed by atoms with E-state index in [1.807, 2.05) is 0 Å². The van der Waals surface area contributed by atoms with Gasteiger partial charge in [0, 0.05) is 12.5 Å². The predicted octanol–water partition coefficient (Wildman–Crippen LogP) is 5.98. The highest BCUT2D eigenvalue weighted by molar-refractivity contribution is 5.85. The molecule has 0 amide bonds. The molecule has 0 aromatic heterocycles. The second kappa shape index (κ2) is 8.69. The van der Waals surface area contributed by atoms with Crippen LogP contribution >= 0.6 is 12.4 Å². The van der Waals surface area contributed by atoms with Crippen molar-refractivity contribution in [1.29, 1.82) is 0 Å². The largest absolute Gasteiger partial charge is 0.469 e. The fourth-order valence-electron chi connectivity index (χ4n) is 8.92. The smallest absolute Gasteiger partial charge is 0.305 e. The average Bonchev–Trinajstić information content (AvgIpc) is 3.03. The van der Waals surface area contributed by atoms with Crippen molar-refractivity contribution in [2.75, 3.05) is 7.11 Å². The molecule has 9 atom stereocenters. The fraction of sp³-hybridized carbons (Fsp3) is 0.960. The fourth-order valence-corrected chi connectivity index (χ4v) is 8.92. The Bertz CT molecular complexity index is 597. The zero-order valence-corrected chi connectivity index (χ0v) is 19.9. The van der Waals surface area contributed by atoms with Crippen LogP contribution in [0.15, 0.2) is 0 Å². The molecule has 4 aliphatic rings. The van der Waals surface area contributed by atoms with Crippen molar-refractivity contribution in [2.45, 2.75) is 97.4 Å². The molecule has 0 unspecified atom stereocenters. The van der Waals surface area contributed by atoms with Crippen molar-refractivity contribution in [2.24, 2.45) is 52.1 Å². The first kappa shape index (κ1) is 23.4. The van der Waals surface area contributed by atoms with Gasteiger partial charge in [-0.2, -0.15) is 0 Å². The normalized spacial score (nSPS) is 47.2. The van der Waals surface area contributed by atoms with Crippen molar-refractivity contribution in [3.8, 4) is 0 Å². The van der Waals surface area contributed by atoms with Crippen molar-refractivity contribution in [3.63, 3.8) is 0 Å². The molecular weight excluding hydrogens is 382 g/mol. The molecule has 4 aliphatic carbocycles. The third-order valence-electron chi connectivity index (χ3n) is 10.5. The van der Waals surface area contributed by atoms with Crippen LogP contribution in [0.1, 0.15) is 91.4 Å². The van der Waals surface area contributed by atoms with Gasteiger partial charge in [-0.1, -0.05) is 20.8 Å². The summed E-state index contributed by atoms with van der Waals surface area (Å²) in [6, 6.07) is 0.454. The van der Waals surface area contributed by atoms with E-state index < -0.39 is 0 Å². The molecule has 3 nitrogen and oxygen atoms in total. The van der Waals surface area contributed by atoms with E-state index in [2.05, 4.69) is 20.8 Å². The summed E-state index contributed by atoms with van der Waals surface area (Å²) in [6.45, 7) is 7.65. The third-order valence-corrected chi connectivity index (χ3v) is 10.5. The molecule has 4 heteroatoms. The van der Waals surface area contributed by atoms with E-state index in [0.29, 0.717) is 29.2 Å². The van der Waals surface area contributed by atoms with Crippen molar-refractivity contribution in [3.05, 3.63) is 0 Å². The van der Waals surface area contributed by atoms with Gasteiger partial charge < -0.3 is 10.5 Å². The molecular formula is C25H44ClNO2. The van der Waals surface area contributed by atoms with Crippen LogP contribution < -0.4 is 5.73 Å². The molecule has 29 heavy (non-hydrogen) atoms. The summed E-state index contributed by atoms with van der Waals surface area (Å²) in [6.07, 6.45) is 13.9. The maximum absolute atomic E-state index is 11.6. The van der Waals surface area contributed by atoms with E-state index in [0.717, 1.165) is 36.0 Å². The van der Waals surface area contributed by atoms with Crippen LogP contribution in [-0.2, 0) is 9.53 Å². The van der Waals surface area contributed by atoms with Gasteiger partial charge in [-0.05, 0) is 111 Å². The number of fused-ring (bicyclic) bond motifs is 5. The molecule has 2 N–H and O–H groups in total. The highest BCUT2D eigenvalue weighted by Gasteiger charge is 2.60. The zero-order chi connectivity index (χ0) is 20.1. The number of methoxy groups -OCH3 is 1. The Morgan fingerprint density at radius 2 is 1.72 bits per heavy atom. The molecule has 0 saturated heterocycles. The maximum Gasteiger partial charge on any atom is 0.305 e. The van der Waals surface area contributed by atoms with Crippen molar-refractivity contribution in [1.82, 2.24) is 0 Å². The third kappa shape index (κ3) is 3.88. The minimum Gasteiger partial charge on any atom is -0.469 e. The van der Waals surface area contributed by atoms with Crippen molar-refractivity contribution < 1.29 is 9.53 Å². The average molecular weight is 426 g/mol. The summed E-state index contributed by atoms with van der Waals surface area (Å²) < 4.78 is 4.89. The Labute approximate surface area is 184 Å². The maximum atomic E-state index is 11.6. The standard InChI is InChI=1S/C25H43NO2.ClH/c1-16(5-10-23(27)28-4)20-8-9-21-19-7-6-17-15-18(26)11-13-24(17,2)22(19)12-14-25(20,21)3;/h16-22H,5-15,26H2,1-4H3;1H/t16-,17-,18+,19+,20-,21+,22+,24+,25-;/m1./s1. The lowest BCUT2D eigenvalue weighted by Gasteiger charge is -2.61. The van der Waals surface area contributed by atoms with Gasteiger partial charge in [0.25, 0.3) is 0 Å². The first-order chi connectivity index (χ1) is 13.3. The van der Waals surface area contributed by atoms with Gasteiger partial charge in [-0.15, -0.1) is 12.4 Å². The van der Waals surface area contributed by atoms with Crippen LogP contribution in [0.5, 0.6) is 0 Å². The molecule has 0 aromatic rings. The second-order valence-electron chi connectivity index (χ2n) is 11.5. The minimum atomic E-state index is -0.0444. The Balaban J connectivity index is 0.00000240. The Morgan fingerprint density at radius 3 is 2.45 bits per heavy atom. The molecule has 0 radical (unpaired) electrons. The molecule has 4 fully saturated rings. The number of nitrogens with two attached hydrogens (primary N) is 1. The van der Waals surface area contributed by atoms with Crippen LogP contribution in [0.3, 0.4) is 0 Å². The van der Waals surface area contributed by atoms with E-state index in [1.165, 1.54) is 64.9 Å². The van der Waals surface area contributed by atoms with Gasteiger partial charge in [-0.3, -0.25) is 4.79 Å². The lowest BCUT2D eigenvalue weighted by atomic mass is 9.44. The highest BCUT2D eigenvalue weighted by atomic mass is 35.5. The molecule has 0 spiro atoms. The Kier molecular flexibility index (Phi) is 7.01. The van der Waals surface area contributed by atoms with Gasteiger partial charge in [0.15, 0.2) is 0 Å². The first-order valence-corrected chi connectivity index (χ1v) is 12.1. The molecule has 4 rings (SSSR count). The van der Waals surface area contributed by atoms with E-state index in [1.54, 1.807) is 0 Å². The Hall–Kier alpha value is -0.280. The number of carbonyl (C=O) groups excluding carboxylic acids is 1. The lowest BCUT2D eigenvalue weighted by molar-refractivity contribution is -0.141. The lowest BCUT2D eigenvalue weighted by Crippen LogP contribution is -2.54. The van der Waals surface area contributed by atoms with Crippen LogP contribution in [0.4, 0.5) is 0 Å². The van der Waals surface area contributed by atoms with Crippen molar-refractivity contribution >= 4 is 18.4 Å². The number of rotatable bonds is 4. The summed E-state index contributed by atoms with van der Waals surface area (Å²) in [7, 11) is 1.51. The highest BCUT2D eigenvalue weighted by Crippen LogP contribution is 2.68. The number of hydrogen-bond acceptors (Lipinski definition) is 3. The van der Waals surface area contributed by atoms with Gasteiger partial charge in [-0.25, -0.2) is 0 Å². The SMILES string of the molecule is COC(=O)CC[C@@H](C)[C@H]1CC[C@H]2[C@@H]3CC[C@@H]4C[C@@H](N)CC[C@]4(C)[C@H]3CC[C@]12C.Cl. The minimum absolute atomic E-state index is 0. The van der Waals surface area contributed by atoms with Gasteiger partial charge in [0.1, 0.15) is 0 Å². The number of hydrogen-bond donors (Lipinski definition) is 1. The van der Waals surface area contributed by atoms with Crippen LogP contribution in [-0.4, -0.2) is 19.1 Å². The van der Waals surface area contributed by atoms with Gasteiger partial charge >= 0.3 is 5.97 Å². The van der Waals surface area contributed by atoms with Crippen LogP contribution in [0.2, 0.25) is 0 Å². The molecule has 4 saturated carbocycles. The van der Waals surface area contributed by atoms with Crippen LogP contribution in [0, 0.1) is 46.3 Å². The van der Waals surface area contributed by atoms with E-state index in [4.69, 9.17) is 10.5 Å². The number of esters is 1. The van der Waals surface area contributed by atoms with E-state index in [9.17, 15) is 4.79 Å².